The maximum Gasteiger partial charge on any atom is 0.414 e. The van der Waals surface area contributed by atoms with Crippen molar-refractivity contribution in [3.8, 4) is 17.6 Å². The van der Waals surface area contributed by atoms with E-state index >= 15 is 0 Å². The van der Waals surface area contributed by atoms with Gasteiger partial charge in [-0.15, -0.1) is 0 Å². The lowest BCUT2D eigenvalue weighted by Gasteiger charge is -2.29. The van der Waals surface area contributed by atoms with Crippen molar-refractivity contribution in [1.29, 1.82) is 5.26 Å². The van der Waals surface area contributed by atoms with Crippen LogP contribution in [0.4, 0.5) is 20.6 Å². The van der Waals surface area contributed by atoms with Gasteiger partial charge in [-0.1, -0.05) is 35.3 Å². The third-order valence-electron chi connectivity index (χ3n) is 5.63. The first-order chi connectivity index (χ1) is 19.2. The first-order valence-electron chi connectivity index (χ1n) is 11.8. The summed E-state index contributed by atoms with van der Waals surface area (Å²) in [4.78, 5) is 37.8. The lowest BCUT2D eigenvalue weighted by atomic mass is 9.98. The minimum absolute atomic E-state index is 0.0411. The third kappa shape index (κ3) is 6.31. The van der Waals surface area contributed by atoms with E-state index in [0.29, 0.717) is 24.3 Å². The predicted octanol–water partition coefficient (Wildman–Crippen LogP) is 5.69. The van der Waals surface area contributed by atoms with Gasteiger partial charge in [-0.05, 0) is 61.4 Å². The van der Waals surface area contributed by atoms with Gasteiger partial charge in [0.1, 0.15) is 17.6 Å². The average molecular weight is 584 g/mol. The standard InChI is InChI=1S/C27H20Cl2FN5O5/c1-2-39-27(38)32-25(36)22(14-31)34-33-16-12-19(28)24(20(29)13-16)40-17-7-8-18-15(11-17)9-10-35(26(18)37)23-6-4-3-5-21(23)30/h3-8,11-13,33H,2,9-10H2,1H3,(H,32,36,38). The van der Waals surface area contributed by atoms with E-state index in [9.17, 15) is 24.0 Å². The van der Waals surface area contributed by atoms with Crippen molar-refractivity contribution < 1.29 is 28.2 Å². The van der Waals surface area contributed by atoms with E-state index < -0.39 is 23.5 Å². The molecular formula is C27H20Cl2FN5O5. The fourth-order valence-corrected chi connectivity index (χ4v) is 4.40. The molecule has 0 aliphatic carbocycles. The van der Waals surface area contributed by atoms with Crippen LogP contribution >= 0.6 is 23.2 Å². The van der Waals surface area contributed by atoms with Crippen molar-refractivity contribution in [2.45, 2.75) is 13.3 Å². The SMILES string of the molecule is CCOC(=O)NC(=O)C(C#N)=NNc1cc(Cl)c(Oc2ccc3c(c2)CCN(c2ccccc2F)C3=O)c(Cl)c1. The number of nitriles is 1. The molecule has 3 amide bonds. The van der Waals surface area contributed by atoms with E-state index in [1.165, 1.54) is 23.1 Å². The van der Waals surface area contributed by atoms with Gasteiger partial charge in [-0.25, -0.2) is 9.18 Å². The third-order valence-corrected chi connectivity index (χ3v) is 6.19. The molecule has 10 nitrogen and oxygen atoms in total. The molecule has 0 unspecified atom stereocenters. The Morgan fingerprint density at radius 1 is 1.15 bits per heavy atom. The van der Waals surface area contributed by atoms with Gasteiger partial charge < -0.3 is 14.4 Å². The summed E-state index contributed by atoms with van der Waals surface area (Å²) in [6, 6.07) is 15.3. The van der Waals surface area contributed by atoms with Crippen molar-refractivity contribution in [2.75, 3.05) is 23.5 Å². The summed E-state index contributed by atoms with van der Waals surface area (Å²) in [5.74, 6) is -1.37. The van der Waals surface area contributed by atoms with Crippen molar-refractivity contribution in [3.63, 3.8) is 0 Å². The maximum absolute atomic E-state index is 14.2. The number of hydrogen-bond acceptors (Lipinski definition) is 8. The molecule has 1 aliphatic heterocycles. The smallest absolute Gasteiger partial charge is 0.414 e. The maximum atomic E-state index is 14.2. The van der Waals surface area contributed by atoms with Crippen LogP contribution in [-0.4, -0.2) is 36.8 Å². The Hall–Kier alpha value is -4.66. The van der Waals surface area contributed by atoms with Crippen LogP contribution in [0.5, 0.6) is 11.5 Å². The number of halogens is 3. The molecule has 0 aromatic heterocycles. The summed E-state index contributed by atoms with van der Waals surface area (Å²) in [7, 11) is 0. The number of carbonyl (C=O) groups excluding carboxylic acids is 3. The molecule has 0 radical (unpaired) electrons. The van der Waals surface area contributed by atoms with Crippen LogP contribution in [0.3, 0.4) is 0 Å². The van der Waals surface area contributed by atoms with Crippen LogP contribution in [-0.2, 0) is 16.0 Å². The van der Waals surface area contributed by atoms with Gasteiger partial charge in [0.25, 0.3) is 11.8 Å². The van der Waals surface area contributed by atoms with Gasteiger partial charge in [-0.2, -0.15) is 10.4 Å². The Morgan fingerprint density at radius 3 is 2.55 bits per heavy atom. The van der Waals surface area contributed by atoms with E-state index in [0.717, 1.165) is 5.56 Å². The van der Waals surface area contributed by atoms with Crippen molar-refractivity contribution in [2.24, 2.45) is 5.10 Å². The molecule has 0 fully saturated rings. The Bertz CT molecular complexity index is 1550. The number of rotatable bonds is 7. The summed E-state index contributed by atoms with van der Waals surface area (Å²) < 4.78 is 24.7. The highest BCUT2D eigenvalue weighted by Crippen LogP contribution is 2.39. The number of imide groups is 1. The van der Waals surface area contributed by atoms with Crippen molar-refractivity contribution in [3.05, 3.63) is 81.6 Å². The molecular weight excluding hydrogens is 564 g/mol. The Labute approximate surface area is 237 Å². The van der Waals surface area contributed by atoms with E-state index in [1.54, 1.807) is 49.4 Å². The topological polar surface area (TPSA) is 133 Å². The number of ether oxygens (including phenoxy) is 2. The first-order valence-corrected chi connectivity index (χ1v) is 12.6. The number of para-hydroxylation sites is 1. The van der Waals surface area contributed by atoms with Gasteiger partial charge in [0.2, 0.25) is 5.71 Å². The lowest BCUT2D eigenvalue weighted by molar-refractivity contribution is -0.114. The number of benzene rings is 3. The second kappa shape index (κ2) is 12.5. The Morgan fingerprint density at radius 2 is 1.88 bits per heavy atom. The van der Waals surface area contributed by atoms with Crippen LogP contribution in [0, 0.1) is 17.1 Å². The Balaban J connectivity index is 1.48. The first kappa shape index (κ1) is 28.4. The number of alkyl carbamates (subject to hydrolysis) is 1. The fraction of sp³-hybridized carbons (Fsp3) is 0.148. The molecule has 1 aliphatic rings. The average Bonchev–Trinajstić information content (AvgIpc) is 2.92. The molecule has 3 aromatic rings. The minimum atomic E-state index is -1.06. The molecule has 0 atom stereocenters. The zero-order valence-corrected chi connectivity index (χ0v) is 22.3. The van der Waals surface area contributed by atoms with E-state index in [2.05, 4.69) is 15.3 Å². The molecule has 2 N–H and O–H groups in total. The normalized spacial score (nSPS) is 12.7. The fourth-order valence-electron chi connectivity index (χ4n) is 3.83. The summed E-state index contributed by atoms with van der Waals surface area (Å²) in [6.45, 7) is 1.89. The van der Waals surface area contributed by atoms with E-state index in [1.807, 2.05) is 5.32 Å². The molecule has 40 heavy (non-hydrogen) atoms. The molecule has 0 saturated carbocycles. The van der Waals surface area contributed by atoms with Gasteiger partial charge in [-0.3, -0.25) is 20.3 Å². The number of hydrazone groups is 1. The van der Waals surface area contributed by atoms with E-state index in [-0.39, 0.29) is 39.7 Å². The van der Waals surface area contributed by atoms with Crippen molar-refractivity contribution >= 4 is 58.2 Å². The summed E-state index contributed by atoms with van der Waals surface area (Å²) >= 11 is 12.7. The lowest BCUT2D eigenvalue weighted by Crippen LogP contribution is -2.38. The van der Waals surface area contributed by atoms with Crippen molar-refractivity contribution in [1.82, 2.24) is 5.32 Å². The number of amides is 3. The van der Waals surface area contributed by atoms with Crippen LogP contribution < -0.4 is 20.4 Å². The summed E-state index contributed by atoms with van der Waals surface area (Å²) in [5, 5.41) is 14.9. The van der Waals surface area contributed by atoms with Gasteiger partial charge >= 0.3 is 6.09 Å². The van der Waals surface area contributed by atoms with Gasteiger partial charge in [0.15, 0.2) is 5.75 Å². The van der Waals surface area contributed by atoms with Gasteiger partial charge in [0, 0.05) is 12.1 Å². The molecule has 3 aromatic carbocycles. The second-order valence-corrected chi connectivity index (χ2v) is 9.02. The highest BCUT2D eigenvalue weighted by molar-refractivity contribution is 6.47. The van der Waals surface area contributed by atoms with Crippen LogP contribution in [0.2, 0.25) is 10.0 Å². The zero-order chi connectivity index (χ0) is 28.8. The minimum Gasteiger partial charge on any atom is -0.454 e. The molecule has 4 rings (SSSR count). The predicted molar refractivity (Wildman–Crippen MR) is 147 cm³/mol. The Kier molecular flexibility index (Phi) is 8.83. The monoisotopic (exact) mass is 583 g/mol. The number of hydrogen-bond donors (Lipinski definition) is 2. The number of nitrogens with one attached hydrogen (secondary N) is 2. The molecule has 0 saturated heterocycles. The number of fused-ring (bicyclic) bond motifs is 1. The number of carbonyl (C=O) groups is 3. The van der Waals surface area contributed by atoms with Crippen LogP contribution in [0.25, 0.3) is 0 Å². The zero-order valence-electron chi connectivity index (χ0n) is 20.8. The largest absolute Gasteiger partial charge is 0.454 e. The quantitative estimate of drug-likeness (QED) is 0.269. The summed E-state index contributed by atoms with van der Waals surface area (Å²) in [6.07, 6.45) is -0.545. The second-order valence-electron chi connectivity index (χ2n) is 8.21. The highest BCUT2D eigenvalue weighted by Gasteiger charge is 2.27. The highest BCUT2D eigenvalue weighted by atomic mass is 35.5. The van der Waals surface area contributed by atoms with Crippen LogP contribution in [0.15, 0.2) is 59.7 Å². The molecule has 0 bridgehead atoms. The number of anilines is 2. The van der Waals surface area contributed by atoms with E-state index in [4.69, 9.17) is 27.9 Å². The summed E-state index contributed by atoms with van der Waals surface area (Å²) in [5.41, 5.74) is 3.43. The molecule has 0 spiro atoms. The number of nitrogens with zero attached hydrogens (tertiary/aromatic N) is 3. The molecule has 204 valence electrons. The van der Waals surface area contributed by atoms with Gasteiger partial charge in [0.05, 0.1) is 28.0 Å². The molecule has 1 heterocycles. The van der Waals surface area contributed by atoms with Crippen LogP contribution in [0.1, 0.15) is 22.8 Å². The molecule has 13 heteroatoms.